The molecule has 0 heterocycles. The Morgan fingerprint density at radius 1 is 0.321 bits per heavy atom. The standard InChI is InChI=1S/C52H88N/c1-3-5-7-9-11-13-15-17-19-21-23-25-27-29-31-33-41-47-53(49-51-43-37-35-38-44-51,50-52-45-39-36-40-46-52)48-42-34-32-30-28-26-24-22-20-18-16-14-12-10-8-6-4-2/h31-40,43-46H,3-30,41-42,47-50H2,1-2H3/q+1/b33-31+,34-32+. The molecule has 0 aromatic heterocycles. The zero-order chi connectivity index (χ0) is 37.6. The number of rotatable bonds is 38. The Balaban J connectivity index is 1.71. The summed E-state index contributed by atoms with van der Waals surface area (Å²) in [6.07, 6.45) is 52.0. The number of allylic oxidation sites excluding steroid dienone is 2. The summed E-state index contributed by atoms with van der Waals surface area (Å²) in [7, 11) is 0. The molecule has 0 amide bonds. The number of benzene rings is 2. The van der Waals surface area contributed by atoms with E-state index in [1.54, 1.807) is 0 Å². The summed E-state index contributed by atoms with van der Waals surface area (Å²) in [4.78, 5) is 0. The van der Waals surface area contributed by atoms with Crippen LogP contribution in [0.4, 0.5) is 0 Å². The average molecular weight is 727 g/mol. The number of quaternary nitrogens is 1. The van der Waals surface area contributed by atoms with Gasteiger partial charge in [-0.25, -0.2) is 0 Å². The van der Waals surface area contributed by atoms with Crippen LogP contribution in [0.25, 0.3) is 0 Å². The van der Waals surface area contributed by atoms with Crippen LogP contribution in [0.3, 0.4) is 0 Å². The highest BCUT2D eigenvalue weighted by Crippen LogP contribution is 2.23. The van der Waals surface area contributed by atoms with Crippen molar-refractivity contribution in [3.05, 3.63) is 96.1 Å². The highest BCUT2D eigenvalue weighted by atomic mass is 15.3. The molecular formula is C52H88N+. The summed E-state index contributed by atoms with van der Waals surface area (Å²) in [6, 6.07) is 22.6. The average Bonchev–Trinajstić information content (AvgIpc) is 3.18. The summed E-state index contributed by atoms with van der Waals surface area (Å²) in [5.74, 6) is 0. The molecule has 2 aromatic carbocycles. The van der Waals surface area contributed by atoms with E-state index in [1.807, 2.05) is 0 Å². The molecule has 0 aliphatic heterocycles. The molecular weight excluding hydrogens is 639 g/mol. The van der Waals surface area contributed by atoms with Gasteiger partial charge in [0, 0.05) is 24.0 Å². The van der Waals surface area contributed by atoms with Crippen LogP contribution in [0, 0.1) is 0 Å². The fraction of sp³-hybridized carbons (Fsp3) is 0.692. The van der Waals surface area contributed by atoms with Gasteiger partial charge in [0.2, 0.25) is 0 Å². The fourth-order valence-electron chi connectivity index (χ4n) is 8.15. The van der Waals surface area contributed by atoms with Crippen LogP contribution in [0.5, 0.6) is 0 Å². The molecule has 2 rings (SSSR count). The van der Waals surface area contributed by atoms with Crippen LogP contribution in [0.1, 0.15) is 218 Å². The van der Waals surface area contributed by atoms with E-state index >= 15 is 0 Å². The van der Waals surface area contributed by atoms with E-state index in [4.69, 9.17) is 0 Å². The second-order valence-electron chi connectivity index (χ2n) is 16.7. The van der Waals surface area contributed by atoms with Gasteiger partial charge in [0.05, 0.1) is 13.1 Å². The molecule has 0 bridgehead atoms. The predicted octanol–water partition coefficient (Wildman–Crippen LogP) is 17.1. The Morgan fingerprint density at radius 2 is 0.585 bits per heavy atom. The lowest BCUT2D eigenvalue weighted by atomic mass is 10.0. The molecule has 1 nitrogen and oxygen atoms in total. The Kier molecular flexibility index (Phi) is 31.6. The lowest BCUT2D eigenvalue weighted by Gasteiger charge is -2.39. The van der Waals surface area contributed by atoms with Gasteiger partial charge in [-0.15, -0.1) is 0 Å². The molecule has 0 saturated heterocycles. The first-order valence-corrected chi connectivity index (χ1v) is 23.5. The smallest absolute Gasteiger partial charge is 0.105 e. The van der Waals surface area contributed by atoms with E-state index in [9.17, 15) is 0 Å². The molecule has 0 N–H and O–H groups in total. The van der Waals surface area contributed by atoms with Crippen molar-refractivity contribution in [2.75, 3.05) is 13.1 Å². The summed E-state index contributed by atoms with van der Waals surface area (Å²) < 4.78 is 1.13. The third-order valence-electron chi connectivity index (χ3n) is 11.5. The van der Waals surface area contributed by atoms with Crippen LogP contribution in [0.15, 0.2) is 85.0 Å². The third-order valence-corrected chi connectivity index (χ3v) is 11.5. The van der Waals surface area contributed by atoms with E-state index < -0.39 is 0 Å². The minimum absolute atomic E-state index is 1.11. The Bertz CT molecular complexity index is 981. The van der Waals surface area contributed by atoms with Gasteiger partial charge in [-0.05, 0) is 25.7 Å². The van der Waals surface area contributed by atoms with E-state index in [0.717, 1.165) is 17.6 Å². The first-order chi connectivity index (χ1) is 26.3. The summed E-state index contributed by atoms with van der Waals surface area (Å²) in [5.41, 5.74) is 2.94. The van der Waals surface area contributed by atoms with Crippen LogP contribution in [-0.4, -0.2) is 17.6 Å². The molecule has 0 saturated carbocycles. The molecule has 0 fully saturated rings. The molecule has 300 valence electrons. The van der Waals surface area contributed by atoms with Crippen molar-refractivity contribution >= 4 is 0 Å². The van der Waals surface area contributed by atoms with Crippen molar-refractivity contribution in [2.45, 2.75) is 220 Å². The number of hydrogen-bond acceptors (Lipinski definition) is 0. The van der Waals surface area contributed by atoms with E-state index in [2.05, 4.69) is 98.8 Å². The quantitative estimate of drug-likeness (QED) is 0.0367. The molecule has 53 heavy (non-hydrogen) atoms. The summed E-state index contributed by atoms with van der Waals surface area (Å²) in [5, 5.41) is 0. The molecule has 0 unspecified atom stereocenters. The first-order valence-electron chi connectivity index (χ1n) is 23.5. The second-order valence-corrected chi connectivity index (χ2v) is 16.7. The SMILES string of the molecule is CCCCCCCCCCCCCCC/C=C/CC[N+](CC/C=C/CCCCCCCCCCCCCCC)(Cc1ccccc1)Cc1ccccc1. The topological polar surface area (TPSA) is 0 Å². The van der Waals surface area contributed by atoms with Crippen molar-refractivity contribution in [1.82, 2.24) is 0 Å². The van der Waals surface area contributed by atoms with Gasteiger partial charge in [-0.1, -0.05) is 253 Å². The summed E-state index contributed by atoms with van der Waals surface area (Å²) >= 11 is 0. The van der Waals surface area contributed by atoms with Crippen LogP contribution < -0.4 is 0 Å². The zero-order valence-electron chi connectivity index (χ0n) is 35.6. The van der Waals surface area contributed by atoms with Crippen LogP contribution >= 0.6 is 0 Å². The largest absolute Gasteiger partial charge is 0.316 e. The maximum absolute atomic E-state index is 2.51. The van der Waals surface area contributed by atoms with Gasteiger partial charge < -0.3 is 4.48 Å². The number of unbranched alkanes of at least 4 members (excludes halogenated alkanes) is 26. The van der Waals surface area contributed by atoms with Gasteiger partial charge in [0.1, 0.15) is 13.1 Å². The van der Waals surface area contributed by atoms with Gasteiger partial charge in [0.25, 0.3) is 0 Å². The predicted molar refractivity (Wildman–Crippen MR) is 238 cm³/mol. The summed E-state index contributed by atoms with van der Waals surface area (Å²) in [6.45, 7) is 9.23. The van der Waals surface area contributed by atoms with Crippen LogP contribution in [0.2, 0.25) is 0 Å². The second kappa shape index (κ2) is 35.6. The normalized spacial score (nSPS) is 12.1. The Morgan fingerprint density at radius 3 is 0.887 bits per heavy atom. The molecule has 0 aliphatic rings. The number of hydrogen-bond donors (Lipinski definition) is 0. The van der Waals surface area contributed by atoms with Crippen molar-refractivity contribution in [3.8, 4) is 0 Å². The van der Waals surface area contributed by atoms with Crippen LogP contribution in [-0.2, 0) is 13.1 Å². The Labute approximate surface area is 332 Å². The van der Waals surface area contributed by atoms with Crippen molar-refractivity contribution in [1.29, 1.82) is 0 Å². The van der Waals surface area contributed by atoms with Gasteiger partial charge in [0.15, 0.2) is 0 Å². The van der Waals surface area contributed by atoms with E-state index in [-0.39, 0.29) is 0 Å². The maximum atomic E-state index is 2.51. The maximum Gasteiger partial charge on any atom is 0.105 e. The molecule has 0 radical (unpaired) electrons. The zero-order valence-corrected chi connectivity index (χ0v) is 35.6. The molecule has 2 aromatic rings. The molecule has 0 atom stereocenters. The monoisotopic (exact) mass is 727 g/mol. The van der Waals surface area contributed by atoms with E-state index in [0.29, 0.717) is 0 Å². The molecule has 1 heteroatoms. The van der Waals surface area contributed by atoms with Crippen molar-refractivity contribution < 1.29 is 4.48 Å². The fourth-order valence-corrected chi connectivity index (χ4v) is 8.15. The minimum Gasteiger partial charge on any atom is -0.316 e. The highest BCUT2D eigenvalue weighted by molar-refractivity contribution is 5.15. The highest BCUT2D eigenvalue weighted by Gasteiger charge is 2.27. The van der Waals surface area contributed by atoms with Gasteiger partial charge in [-0.3, -0.25) is 0 Å². The van der Waals surface area contributed by atoms with Crippen molar-refractivity contribution in [3.63, 3.8) is 0 Å². The van der Waals surface area contributed by atoms with E-state index in [1.165, 1.54) is 217 Å². The molecule has 0 spiro atoms. The Hall–Kier alpha value is -2.12. The van der Waals surface area contributed by atoms with Gasteiger partial charge in [-0.2, -0.15) is 0 Å². The molecule has 0 aliphatic carbocycles. The third kappa shape index (κ3) is 28.0. The van der Waals surface area contributed by atoms with Gasteiger partial charge >= 0.3 is 0 Å². The number of nitrogens with zero attached hydrogens (tertiary/aromatic N) is 1. The lowest BCUT2D eigenvalue weighted by molar-refractivity contribution is -0.953. The lowest BCUT2D eigenvalue weighted by Crippen LogP contribution is -2.47. The first kappa shape index (κ1) is 47.0. The van der Waals surface area contributed by atoms with Crippen molar-refractivity contribution in [2.24, 2.45) is 0 Å². The minimum atomic E-state index is 1.11.